The molecule has 1 aliphatic carbocycles. The third kappa shape index (κ3) is 9.53. The van der Waals surface area contributed by atoms with Crippen molar-refractivity contribution in [3.8, 4) is 16.9 Å². The molecule has 0 saturated heterocycles. The molecule has 1 aromatic carbocycles. The molecule has 46 heavy (non-hydrogen) atoms. The summed E-state index contributed by atoms with van der Waals surface area (Å²) in [6, 6.07) is 4.38. The lowest BCUT2D eigenvalue weighted by atomic mass is 9.95. The van der Waals surface area contributed by atoms with Crippen molar-refractivity contribution in [2.45, 2.75) is 72.3 Å². The Morgan fingerprint density at radius 3 is 2.28 bits per heavy atom. The lowest BCUT2D eigenvalue weighted by Gasteiger charge is -2.25. The van der Waals surface area contributed by atoms with Gasteiger partial charge in [0.05, 0.1) is 12.7 Å². The molecule has 1 aliphatic rings. The Labute approximate surface area is 267 Å². The van der Waals surface area contributed by atoms with E-state index in [1.807, 2.05) is 0 Å². The van der Waals surface area contributed by atoms with E-state index in [-0.39, 0.29) is 28.1 Å². The minimum atomic E-state index is -1.47. The molecule has 13 nitrogen and oxygen atoms in total. The van der Waals surface area contributed by atoms with Crippen molar-refractivity contribution in [1.29, 1.82) is 0 Å². The number of aromatic carboxylic acids is 1. The zero-order chi connectivity index (χ0) is 34.3. The van der Waals surface area contributed by atoms with E-state index in [2.05, 4.69) is 22.2 Å². The summed E-state index contributed by atoms with van der Waals surface area (Å²) < 4.78 is 21.4. The molecule has 0 spiro atoms. The summed E-state index contributed by atoms with van der Waals surface area (Å²) in [5, 5.41) is 15.2. The van der Waals surface area contributed by atoms with Gasteiger partial charge in [-0.25, -0.2) is 24.2 Å². The molecule has 1 saturated carbocycles. The van der Waals surface area contributed by atoms with Gasteiger partial charge in [0.25, 0.3) is 5.91 Å². The Morgan fingerprint density at radius 2 is 1.74 bits per heavy atom. The minimum absolute atomic E-state index is 0.0280. The highest BCUT2D eigenvalue weighted by atomic mass is 16.7. The highest BCUT2D eigenvalue weighted by Gasteiger charge is 2.31. The van der Waals surface area contributed by atoms with Crippen molar-refractivity contribution in [1.82, 2.24) is 15.6 Å². The van der Waals surface area contributed by atoms with Crippen molar-refractivity contribution in [3.05, 3.63) is 53.4 Å². The van der Waals surface area contributed by atoms with Crippen LogP contribution in [0.2, 0.25) is 0 Å². The number of hydrogen-bond acceptors (Lipinski definition) is 10. The maximum atomic E-state index is 13.6. The van der Waals surface area contributed by atoms with E-state index < -0.39 is 59.5 Å². The lowest BCUT2D eigenvalue weighted by molar-refractivity contribution is -0.169. The Hall–Kier alpha value is -4.94. The SMILES string of the molecule is C=Cc1cc(C(=O)O)c(-c2ccc(C(=O)NCC3CC3)nc2C(=O)OC(C)OC(=O)[C@@H](NC(=O)OC(C)(C)C)C(C)C)cc1OC. The van der Waals surface area contributed by atoms with E-state index in [1.54, 1.807) is 34.6 Å². The van der Waals surface area contributed by atoms with Gasteiger partial charge in [-0.3, -0.25) is 4.79 Å². The monoisotopic (exact) mass is 639 g/mol. The van der Waals surface area contributed by atoms with Crippen LogP contribution in [0.4, 0.5) is 4.79 Å². The molecule has 0 radical (unpaired) electrons. The first-order valence-corrected chi connectivity index (χ1v) is 14.8. The molecule has 2 atom stereocenters. The quantitative estimate of drug-likeness (QED) is 0.202. The number of methoxy groups -OCH3 is 1. The van der Waals surface area contributed by atoms with Crippen molar-refractivity contribution < 1.29 is 48.0 Å². The number of carbonyl (C=O) groups excluding carboxylic acids is 4. The zero-order valence-electron chi connectivity index (χ0n) is 27.1. The number of pyridine rings is 1. The van der Waals surface area contributed by atoms with Crippen molar-refractivity contribution in [2.24, 2.45) is 11.8 Å². The molecule has 13 heteroatoms. The Morgan fingerprint density at radius 1 is 1.07 bits per heavy atom. The predicted octanol–water partition coefficient (Wildman–Crippen LogP) is 4.83. The van der Waals surface area contributed by atoms with Gasteiger partial charge in [0.2, 0.25) is 6.29 Å². The minimum Gasteiger partial charge on any atom is -0.496 e. The number of carboxylic acid groups (broad SMARTS) is 1. The van der Waals surface area contributed by atoms with Gasteiger partial charge in [-0.2, -0.15) is 0 Å². The lowest BCUT2D eigenvalue weighted by Crippen LogP contribution is -2.48. The maximum absolute atomic E-state index is 13.6. The summed E-state index contributed by atoms with van der Waals surface area (Å²) in [5.41, 5.74) is -1.00. The second kappa shape index (κ2) is 14.9. The summed E-state index contributed by atoms with van der Waals surface area (Å²) in [6.45, 7) is 13.8. The molecule has 1 unspecified atom stereocenters. The number of carbonyl (C=O) groups is 5. The summed E-state index contributed by atoms with van der Waals surface area (Å²) in [4.78, 5) is 68.3. The number of ether oxygens (including phenoxy) is 4. The van der Waals surface area contributed by atoms with Crippen LogP contribution < -0.4 is 15.4 Å². The highest BCUT2D eigenvalue weighted by Crippen LogP contribution is 2.34. The van der Waals surface area contributed by atoms with Crippen molar-refractivity contribution in [3.63, 3.8) is 0 Å². The van der Waals surface area contributed by atoms with Crippen LogP contribution in [0.25, 0.3) is 17.2 Å². The van der Waals surface area contributed by atoms with E-state index in [9.17, 15) is 29.1 Å². The molecular formula is C33H41N3O10. The first-order valence-electron chi connectivity index (χ1n) is 14.8. The number of nitrogens with zero attached hydrogens (tertiary/aromatic N) is 1. The second-order valence-electron chi connectivity index (χ2n) is 12.2. The molecule has 0 bridgehead atoms. The summed E-state index contributed by atoms with van der Waals surface area (Å²) >= 11 is 0. The van der Waals surface area contributed by atoms with Crippen LogP contribution in [-0.2, 0) is 19.0 Å². The summed E-state index contributed by atoms with van der Waals surface area (Å²) in [6.07, 6.45) is 1.14. The van der Waals surface area contributed by atoms with E-state index in [4.69, 9.17) is 18.9 Å². The van der Waals surface area contributed by atoms with Gasteiger partial charge in [0.1, 0.15) is 23.1 Å². The molecule has 1 heterocycles. The predicted molar refractivity (Wildman–Crippen MR) is 167 cm³/mol. The van der Waals surface area contributed by atoms with Crippen LogP contribution in [0, 0.1) is 11.8 Å². The molecule has 248 valence electrons. The number of nitrogens with one attached hydrogen (secondary N) is 2. The fourth-order valence-corrected chi connectivity index (χ4v) is 4.34. The molecule has 1 aromatic heterocycles. The molecule has 3 rings (SSSR count). The first-order chi connectivity index (χ1) is 21.5. The van der Waals surface area contributed by atoms with E-state index in [0.717, 1.165) is 12.8 Å². The number of benzene rings is 1. The number of amides is 2. The van der Waals surface area contributed by atoms with E-state index in [0.29, 0.717) is 18.0 Å². The van der Waals surface area contributed by atoms with Gasteiger partial charge in [0.15, 0.2) is 5.69 Å². The molecule has 3 N–H and O–H groups in total. The standard InChI is InChI=1S/C33H41N3O10/c1-9-20-14-23(29(38)39)22(15-25(20)43-8)21-12-13-24(28(37)34-16-19-10-11-19)35-27(21)31(41)45-18(4)44-30(40)26(17(2)3)36-32(42)46-33(5,6)7/h9,12-15,17-19,26H,1,10-11,16H2,2-8H3,(H,34,37)(H,36,42)(H,38,39)/t18?,26-/m0/s1. The van der Waals surface area contributed by atoms with Crippen LogP contribution in [0.5, 0.6) is 5.75 Å². The molecule has 0 aliphatic heterocycles. The molecule has 2 aromatic rings. The normalized spacial score (nSPS) is 14.0. The van der Waals surface area contributed by atoms with Crippen LogP contribution in [0.15, 0.2) is 30.8 Å². The number of alkyl carbamates (subject to hydrolysis) is 1. The average molecular weight is 640 g/mol. The van der Waals surface area contributed by atoms with Crippen LogP contribution in [0.3, 0.4) is 0 Å². The van der Waals surface area contributed by atoms with E-state index in [1.165, 1.54) is 44.4 Å². The van der Waals surface area contributed by atoms with Gasteiger partial charge < -0.3 is 34.7 Å². The smallest absolute Gasteiger partial charge is 0.408 e. The average Bonchev–Trinajstić information content (AvgIpc) is 3.81. The van der Waals surface area contributed by atoms with Crippen molar-refractivity contribution >= 4 is 36.0 Å². The number of aromatic nitrogens is 1. The molecular weight excluding hydrogens is 598 g/mol. The van der Waals surface area contributed by atoms with Crippen LogP contribution >= 0.6 is 0 Å². The van der Waals surface area contributed by atoms with Crippen LogP contribution in [-0.4, -0.2) is 71.6 Å². The highest BCUT2D eigenvalue weighted by molar-refractivity contribution is 6.04. The fraction of sp³-hybridized carbons (Fsp3) is 0.455. The topological polar surface area (TPSA) is 179 Å². The zero-order valence-corrected chi connectivity index (χ0v) is 27.1. The van der Waals surface area contributed by atoms with Gasteiger partial charge in [-0.15, -0.1) is 0 Å². The maximum Gasteiger partial charge on any atom is 0.408 e. The number of esters is 2. The largest absolute Gasteiger partial charge is 0.496 e. The number of carboxylic acids is 1. The molecule has 2 amide bonds. The summed E-state index contributed by atoms with van der Waals surface area (Å²) in [5.74, 6) is -3.57. The fourth-order valence-electron chi connectivity index (χ4n) is 4.34. The number of hydrogen-bond donors (Lipinski definition) is 3. The van der Waals surface area contributed by atoms with Gasteiger partial charge in [-0.1, -0.05) is 26.5 Å². The summed E-state index contributed by atoms with van der Waals surface area (Å²) in [7, 11) is 1.39. The van der Waals surface area contributed by atoms with Gasteiger partial charge in [0, 0.05) is 30.2 Å². The van der Waals surface area contributed by atoms with Crippen molar-refractivity contribution in [2.75, 3.05) is 13.7 Å². The third-order valence-electron chi connectivity index (χ3n) is 6.83. The second-order valence-corrected chi connectivity index (χ2v) is 12.2. The Bertz CT molecular complexity index is 1510. The number of rotatable bonds is 13. The Kier molecular flexibility index (Phi) is 11.5. The van der Waals surface area contributed by atoms with E-state index >= 15 is 0 Å². The third-order valence-corrected chi connectivity index (χ3v) is 6.83. The van der Waals surface area contributed by atoms with Gasteiger partial charge in [-0.05, 0) is 69.7 Å². The first kappa shape index (κ1) is 35.5. The Balaban J connectivity index is 1.95. The molecule has 1 fully saturated rings. The van der Waals surface area contributed by atoms with Crippen LogP contribution in [0.1, 0.15) is 91.3 Å². The van der Waals surface area contributed by atoms with Gasteiger partial charge >= 0.3 is 24.0 Å².